The fourth-order valence-corrected chi connectivity index (χ4v) is 2.20. The van der Waals surface area contributed by atoms with Crippen LogP contribution in [0.1, 0.15) is 21.6 Å². The van der Waals surface area contributed by atoms with Gasteiger partial charge in [0.2, 0.25) is 5.91 Å². The average Bonchev–Trinajstić information content (AvgIpc) is 2.56. The van der Waals surface area contributed by atoms with Crippen LogP contribution in [0.4, 0.5) is 5.82 Å². The van der Waals surface area contributed by atoms with Crippen LogP contribution in [0.3, 0.4) is 0 Å². The Morgan fingerprint density at radius 3 is 2.62 bits per heavy atom. The number of hydrogen-bond acceptors (Lipinski definition) is 4. The molecule has 0 aliphatic rings. The van der Waals surface area contributed by atoms with Crippen LogP contribution >= 0.6 is 0 Å². The highest BCUT2D eigenvalue weighted by atomic mass is 16.5. The molecule has 1 N–H and O–H groups in total. The van der Waals surface area contributed by atoms with Crippen molar-refractivity contribution in [2.75, 3.05) is 26.5 Å². The van der Waals surface area contributed by atoms with E-state index < -0.39 is 0 Å². The molecule has 2 amide bonds. The Morgan fingerprint density at radius 1 is 1.21 bits per heavy atom. The number of hydrogen-bond donors (Lipinski definition) is 1. The van der Waals surface area contributed by atoms with Crippen LogP contribution < -0.4 is 10.1 Å². The maximum absolute atomic E-state index is 12.2. The number of nitrogens with zero attached hydrogens (tertiary/aromatic N) is 2. The first kappa shape index (κ1) is 17.5. The summed E-state index contributed by atoms with van der Waals surface area (Å²) >= 11 is 0. The van der Waals surface area contributed by atoms with Crippen molar-refractivity contribution in [2.45, 2.75) is 13.3 Å². The summed E-state index contributed by atoms with van der Waals surface area (Å²) in [5.41, 5.74) is 2.14. The Bertz CT molecular complexity index is 757. The minimum Gasteiger partial charge on any atom is -0.496 e. The second-order valence-electron chi connectivity index (χ2n) is 5.64. The van der Waals surface area contributed by atoms with E-state index in [4.69, 9.17) is 4.74 Å². The lowest BCUT2D eigenvalue weighted by Gasteiger charge is -2.11. The Hall–Kier alpha value is -2.89. The fourth-order valence-electron chi connectivity index (χ4n) is 2.20. The maximum atomic E-state index is 12.2. The van der Waals surface area contributed by atoms with Gasteiger partial charge in [-0.3, -0.25) is 9.59 Å². The van der Waals surface area contributed by atoms with E-state index in [1.165, 1.54) is 4.90 Å². The molecule has 0 saturated heterocycles. The van der Waals surface area contributed by atoms with Crippen molar-refractivity contribution in [1.82, 2.24) is 9.88 Å². The van der Waals surface area contributed by atoms with Gasteiger partial charge >= 0.3 is 0 Å². The molecule has 0 fully saturated rings. The van der Waals surface area contributed by atoms with E-state index in [1.54, 1.807) is 39.4 Å². The number of carbonyl (C=O) groups excluding carboxylic acids is 2. The Balaban J connectivity index is 2.07. The molecule has 6 heteroatoms. The fraction of sp³-hybridized carbons (Fsp3) is 0.278. The molecule has 24 heavy (non-hydrogen) atoms. The lowest BCUT2D eigenvalue weighted by atomic mass is 10.1. The van der Waals surface area contributed by atoms with Crippen molar-refractivity contribution in [3.63, 3.8) is 0 Å². The second kappa shape index (κ2) is 7.59. The van der Waals surface area contributed by atoms with E-state index in [9.17, 15) is 9.59 Å². The first-order valence-corrected chi connectivity index (χ1v) is 7.53. The number of ether oxygens (including phenoxy) is 1. The van der Waals surface area contributed by atoms with Crippen LogP contribution in [0, 0.1) is 6.92 Å². The first-order valence-electron chi connectivity index (χ1n) is 7.53. The molecular formula is C18H21N3O3. The van der Waals surface area contributed by atoms with Crippen molar-refractivity contribution in [1.29, 1.82) is 0 Å². The topological polar surface area (TPSA) is 71.5 Å². The summed E-state index contributed by atoms with van der Waals surface area (Å²) in [6.07, 6.45) is 0.199. The van der Waals surface area contributed by atoms with E-state index in [-0.39, 0.29) is 23.9 Å². The molecule has 0 atom stereocenters. The Morgan fingerprint density at radius 2 is 1.96 bits per heavy atom. The quantitative estimate of drug-likeness (QED) is 0.914. The monoisotopic (exact) mass is 327 g/mol. The molecule has 0 aliphatic heterocycles. The average molecular weight is 327 g/mol. The van der Waals surface area contributed by atoms with Gasteiger partial charge in [-0.1, -0.05) is 18.2 Å². The SMILES string of the molecule is COc1cc(CC(=O)Nc2cccc(C(=O)N(C)C)n2)ccc1C. The number of rotatable bonds is 5. The third kappa shape index (κ3) is 4.32. The van der Waals surface area contributed by atoms with Crippen LogP contribution in [0.25, 0.3) is 0 Å². The first-order chi connectivity index (χ1) is 11.4. The highest BCUT2D eigenvalue weighted by molar-refractivity contribution is 5.94. The minimum atomic E-state index is -0.214. The number of carbonyl (C=O) groups is 2. The lowest BCUT2D eigenvalue weighted by Crippen LogP contribution is -2.23. The van der Waals surface area contributed by atoms with Gasteiger partial charge in [-0.05, 0) is 36.2 Å². The molecule has 0 aliphatic carbocycles. The molecule has 0 saturated carbocycles. The molecule has 1 aromatic heterocycles. The van der Waals surface area contributed by atoms with Gasteiger partial charge in [0.05, 0.1) is 13.5 Å². The maximum Gasteiger partial charge on any atom is 0.272 e. The third-order valence-corrected chi connectivity index (χ3v) is 3.48. The number of methoxy groups -OCH3 is 1. The number of aryl methyl sites for hydroxylation is 1. The van der Waals surface area contributed by atoms with Crippen LogP contribution in [-0.4, -0.2) is 42.9 Å². The number of nitrogens with one attached hydrogen (secondary N) is 1. The summed E-state index contributed by atoms with van der Waals surface area (Å²) in [5, 5.41) is 2.72. The molecule has 6 nitrogen and oxygen atoms in total. The Labute approximate surface area is 141 Å². The van der Waals surface area contributed by atoms with Gasteiger partial charge in [0.1, 0.15) is 17.3 Å². The highest BCUT2D eigenvalue weighted by Crippen LogP contribution is 2.19. The summed E-state index contributed by atoms with van der Waals surface area (Å²) in [4.78, 5) is 29.7. The van der Waals surface area contributed by atoms with Crippen molar-refractivity contribution >= 4 is 17.6 Å². The zero-order valence-electron chi connectivity index (χ0n) is 14.3. The van der Waals surface area contributed by atoms with Crippen LogP contribution in [0.2, 0.25) is 0 Å². The molecule has 0 unspecified atom stereocenters. The van der Waals surface area contributed by atoms with Crippen LogP contribution in [0.15, 0.2) is 36.4 Å². The van der Waals surface area contributed by atoms with Gasteiger partial charge in [0, 0.05) is 14.1 Å². The van der Waals surface area contributed by atoms with Gasteiger partial charge in [-0.15, -0.1) is 0 Å². The van der Waals surface area contributed by atoms with Gasteiger partial charge in [0.15, 0.2) is 0 Å². The van der Waals surface area contributed by atoms with Crippen molar-refractivity contribution in [3.8, 4) is 5.75 Å². The normalized spacial score (nSPS) is 10.2. The number of anilines is 1. The largest absolute Gasteiger partial charge is 0.496 e. The zero-order valence-corrected chi connectivity index (χ0v) is 14.3. The van der Waals surface area contributed by atoms with Gasteiger partial charge in [-0.2, -0.15) is 0 Å². The highest BCUT2D eigenvalue weighted by Gasteiger charge is 2.12. The number of aromatic nitrogens is 1. The summed E-state index contributed by atoms with van der Waals surface area (Å²) in [6, 6.07) is 10.6. The predicted molar refractivity (Wildman–Crippen MR) is 92.3 cm³/mol. The molecular weight excluding hydrogens is 306 g/mol. The molecule has 1 heterocycles. The van der Waals surface area contributed by atoms with E-state index in [2.05, 4.69) is 10.3 Å². The van der Waals surface area contributed by atoms with Crippen LogP contribution in [-0.2, 0) is 11.2 Å². The number of amides is 2. The summed E-state index contributed by atoms with van der Waals surface area (Å²) < 4.78 is 5.26. The number of pyridine rings is 1. The lowest BCUT2D eigenvalue weighted by molar-refractivity contribution is -0.115. The van der Waals surface area contributed by atoms with E-state index in [0.717, 1.165) is 16.9 Å². The molecule has 1 aromatic carbocycles. The summed E-state index contributed by atoms with van der Waals surface area (Å²) in [7, 11) is 4.91. The molecule has 2 rings (SSSR count). The summed E-state index contributed by atoms with van der Waals surface area (Å²) in [5.74, 6) is 0.681. The van der Waals surface area contributed by atoms with Crippen molar-refractivity contribution in [2.24, 2.45) is 0 Å². The molecule has 0 spiro atoms. The van der Waals surface area contributed by atoms with Gasteiger partial charge < -0.3 is 15.0 Å². The molecule has 126 valence electrons. The molecule has 0 radical (unpaired) electrons. The molecule has 2 aromatic rings. The van der Waals surface area contributed by atoms with E-state index >= 15 is 0 Å². The van der Waals surface area contributed by atoms with Gasteiger partial charge in [-0.25, -0.2) is 4.98 Å². The van der Waals surface area contributed by atoms with Crippen LogP contribution in [0.5, 0.6) is 5.75 Å². The smallest absolute Gasteiger partial charge is 0.272 e. The van der Waals surface area contributed by atoms with Crippen molar-refractivity contribution < 1.29 is 14.3 Å². The zero-order chi connectivity index (χ0) is 17.7. The predicted octanol–water partition coefficient (Wildman–Crippen LogP) is 2.28. The minimum absolute atomic E-state index is 0.199. The summed E-state index contributed by atoms with van der Waals surface area (Å²) in [6.45, 7) is 1.94. The number of benzene rings is 1. The van der Waals surface area contributed by atoms with E-state index in [1.807, 2.05) is 25.1 Å². The third-order valence-electron chi connectivity index (χ3n) is 3.48. The molecule has 0 bridgehead atoms. The second-order valence-corrected chi connectivity index (χ2v) is 5.64. The standard InChI is InChI=1S/C18H21N3O3/c1-12-8-9-13(10-15(12)24-4)11-17(22)20-16-7-5-6-14(19-16)18(23)21(2)3/h5-10H,11H2,1-4H3,(H,19,20,22). The van der Waals surface area contributed by atoms with Crippen molar-refractivity contribution in [3.05, 3.63) is 53.2 Å². The van der Waals surface area contributed by atoms with Gasteiger partial charge in [0.25, 0.3) is 5.91 Å². The Kier molecular flexibility index (Phi) is 5.52. The van der Waals surface area contributed by atoms with E-state index in [0.29, 0.717) is 5.82 Å².